The summed E-state index contributed by atoms with van der Waals surface area (Å²) < 4.78 is 6.37. The minimum atomic E-state index is -0.966. The summed E-state index contributed by atoms with van der Waals surface area (Å²) in [6, 6.07) is 17.5. The van der Waals surface area contributed by atoms with Gasteiger partial charge in [-0.2, -0.15) is 5.26 Å². The molecule has 0 radical (unpaired) electrons. The zero-order valence-corrected chi connectivity index (χ0v) is 32.7. The Morgan fingerprint density at radius 2 is 1.54 bits per heavy atom. The monoisotopic (exact) mass is 776 g/mol. The molecule has 0 aromatic heterocycles. The number of imide groups is 2. The second-order valence-electron chi connectivity index (χ2n) is 17.1. The van der Waals surface area contributed by atoms with Crippen molar-refractivity contribution in [1.29, 1.82) is 5.26 Å². The molecular weight excluding hydrogens is 732 g/mol. The van der Waals surface area contributed by atoms with Gasteiger partial charge in [-0.25, -0.2) is 0 Å². The Morgan fingerprint density at radius 3 is 2.11 bits per heavy atom. The fourth-order valence-corrected chi connectivity index (χ4v) is 10.2. The molecule has 1 unspecified atom stereocenters. The molecule has 8 rings (SSSR count). The summed E-state index contributed by atoms with van der Waals surface area (Å²) in [4.78, 5) is 69.9. The molecule has 290 valence electrons. The lowest BCUT2D eigenvalue weighted by molar-refractivity contribution is -0.164. The normalized spacial score (nSPS) is 24.2. The quantitative estimate of drug-likeness (QED) is 0.285. The molecule has 2 saturated heterocycles. The van der Waals surface area contributed by atoms with Crippen LogP contribution in [0.1, 0.15) is 101 Å². The van der Waals surface area contributed by atoms with Crippen LogP contribution in [0.4, 0.5) is 5.69 Å². The lowest BCUT2D eigenvalue weighted by Gasteiger charge is -2.63. The third-order valence-electron chi connectivity index (χ3n) is 12.6. The molecule has 3 fully saturated rings. The van der Waals surface area contributed by atoms with E-state index in [0.29, 0.717) is 52.0 Å². The smallest absolute Gasteiger partial charge is 0.262 e. The molecule has 1 aliphatic carbocycles. The third kappa shape index (κ3) is 6.50. The van der Waals surface area contributed by atoms with E-state index >= 15 is 0 Å². The molecule has 0 spiro atoms. The number of carbonyl (C=O) groups is 5. The zero-order valence-electron chi connectivity index (χ0n) is 32.0. The average Bonchev–Trinajstić information content (AvgIpc) is 3.67. The van der Waals surface area contributed by atoms with Crippen molar-refractivity contribution in [3.63, 3.8) is 0 Å². The number of piperidine rings is 2. The molecule has 3 aromatic carbocycles. The van der Waals surface area contributed by atoms with Crippen molar-refractivity contribution in [2.24, 2.45) is 16.7 Å². The highest BCUT2D eigenvalue weighted by Gasteiger charge is 2.64. The Balaban J connectivity index is 0.822. The van der Waals surface area contributed by atoms with Gasteiger partial charge < -0.3 is 15.0 Å². The van der Waals surface area contributed by atoms with E-state index in [1.807, 2.05) is 36.4 Å². The summed E-state index contributed by atoms with van der Waals surface area (Å²) in [5.41, 5.74) is 4.09. The summed E-state index contributed by atoms with van der Waals surface area (Å²) in [5.74, 6) is -0.974. The number of hydrogen-bond acceptors (Lipinski definition) is 9. The van der Waals surface area contributed by atoms with Crippen molar-refractivity contribution >= 4 is 46.8 Å². The van der Waals surface area contributed by atoms with Crippen LogP contribution in [-0.4, -0.2) is 77.2 Å². The van der Waals surface area contributed by atoms with Crippen LogP contribution in [0, 0.1) is 28.1 Å². The third-order valence-corrected chi connectivity index (χ3v) is 12.9. The van der Waals surface area contributed by atoms with Crippen LogP contribution in [0.3, 0.4) is 0 Å². The van der Waals surface area contributed by atoms with Crippen LogP contribution in [0.25, 0.3) is 0 Å². The molecule has 56 heavy (non-hydrogen) atoms. The van der Waals surface area contributed by atoms with Crippen molar-refractivity contribution < 1.29 is 28.7 Å². The minimum Gasteiger partial charge on any atom is -0.489 e. The average molecular weight is 777 g/mol. The number of rotatable bonds is 8. The lowest BCUT2D eigenvalue weighted by Crippen LogP contribution is -2.74. The van der Waals surface area contributed by atoms with Crippen molar-refractivity contribution in [3.05, 3.63) is 93.0 Å². The van der Waals surface area contributed by atoms with Crippen LogP contribution in [0.5, 0.6) is 5.75 Å². The number of amides is 5. The first-order valence-corrected chi connectivity index (χ1v) is 19.7. The first kappa shape index (κ1) is 37.7. The number of anilines is 1. The number of halogens is 1. The highest BCUT2D eigenvalue weighted by atomic mass is 35.5. The number of nitrogens with one attached hydrogen (secondary N) is 2. The maximum atomic E-state index is 13.5. The number of carbonyl (C=O) groups excluding carboxylic acids is 5. The summed E-state index contributed by atoms with van der Waals surface area (Å²) in [5, 5.41) is 15.1. The predicted molar refractivity (Wildman–Crippen MR) is 208 cm³/mol. The number of hydrogen-bond donors (Lipinski definition) is 2. The van der Waals surface area contributed by atoms with Gasteiger partial charge in [0.05, 0.1) is 21.7 Å². The number of benzene rings is 3. The number of ether oxygens (including phenoxy) is 1. The molecule has 5 aliphatic rings. The summed E-state index contributed by atoms with van der Waals surface area (Å²) in [7, 11) is 0. The Bertz CT molecular complexity index is 2140. The van der Waals surface area contributed by atoms with E-state index in [1.165, 1.54) is 0 Å². The molecule has 13 heteroatoms. The van der Waals surface area contributed by atoms with Crippen molar-refractivity contribution in [1.82, 2.24) is 20.4 Å². The van der Waals surface area contributed by atoms with Crippen molar-refractivity contribution in [3.8, 4) is 11.8 Å². The summed E-state index contributed by atoms with van der Waals surface area (Å²) >= 11 is 6.25. The highest BCUT2D eigenvalue weighted by Crippen LogP contribution is 2.55. The van der Waals surface area contributed by atoms with Gasteiger partial charge in [0, 0.05) is 73.3 Å². The second kappa shape index (κ2) is 14.0. The van der Waals surface area contributed by atoms with E-state index < -0.39 is 29.7 Å². The van der Waals surface area contributed by atoms with E-state index in [0.717, 1.165) is 54.2 Å². The highest BCUT2D eigenvalue weighted by molar-refractivity contribution is 6.31. The topological polar surface area (TPSA) is 152 Å². The molecular formula is C43H45ClN6O6. The second-order valence-corrected chi connectivity index (χ2v) is 17.5. The fourth-order valence-electron chi connectivity index (χ4n) is 9.94. The van der Waals surface area contributed by atoms with Gasteiger partial charge in [0.15, 0.2) is 0 Å². The Hall–Kier alpha value is -5.25. The summed E-state index contributed by atoms with van der Waals surface area (Å²) in [6.45, 7) is 12.5. The molecule has 5 amide bonds. The van der Waals surface area contributed by atoms with Crippen molar-refractivity contribution in [2.75, 3.05) is 24.5 Å². The molecule has 1 atom stereocenters. The number of fused-ring (bicyclic) bond motifs is 2. The minimum absolute atomic E-state index is 0.0937. The molecule has 3 aromatic rings. The zero-order chi connectivity index (χ0) is 39.7. The molecule has 4 heterocycles. The molecule has 2 N–H and O–H groups in total. The molecule has 0 bridgehead atoms. The number of nitrogens with zero attached hydrogens (tertiary/aromatic N) is 4. The lowest BCUT2D eigenvalue weighted by atomic mass is 9.49. The van der Waals surface area contributed by atoms with Crippen molar-refractivity contribution in [2.45, 2.75) is 84.7 Å². The predicted octanol–water partition coefficient (Wildman–Crippen LogP) is 5.46. The maximum Gasteiger partial charge on any atom is 0.262 e. The van der Waals surface area contributed by atoms with Gasteiger partial charge in [-0.15, -0.1) is 0 Å². The van der Waals surface area contributed by atoms with Gasteiger partial charge >= 0.3 is 0 Å². The number of nitriles is 1. The maximum absolute atomic E-state index is 13.5. The van der Waals surface area contributed by atoms with Gasteiger partial charge in [0.1, 0.15) is 24.0 Å². The Labute approximate surface area is 331 Å². The van der Waals surface area contributed by atoms with Crippen LogP contribution >= 0.6 is 11.6 Å². The summed E-state index contributed by atoms with van der Waals surface area (Å²) in [6.07, 6.45) is 2.09. The van der Waals surface area contributed by atoms with E-state index in [-0.39, 0.29) is 41.7 Å². The van der Waals surface area contributed by atoms with Gasteiger partial charge in [0.25, 0.3) is 17.7 Å². The standard InChI is InChI=1S/C43H45ClN6O6/c1-42(2)40(43(3,4)41(42)56-30-10-7-26(20-45)33(44)19-30)47-36(52)25-5-8-29(9-6-25)49-15-13-24(14-16-49)21-48-22-27-17-31-32(18-28(27)23-48)39(55)50(38(31)54)34-11-12-35(51)46-37(34)53/h5-10,17-19,24,34,40-41H,11-16,21-23H2,1-4H3,(H,47,52)(H,46,51,53)/t34?,40-,41-. The first-order chi connectivity index (χ1) is 26.6. The van der Waals surface area contributed by atoms with Gasteiger partial charge in [-0.1, -0.05) is 39.3 Å². The largest absolute Gasteiger partial charge is 0.489 e. The van der Waals surface area contributed by atoms with Crippen LogP contribution in [-0.2, 0) is 22.7 Å². The molecule has 4 aliphatic heterocycles. The van der Waals surface area contributed by atoms with E-state index in [1.54, 1.807) is 18.2 Å². The van der Waals surface area contributed by atoms with Gasteiger partial charge in [0.2, 0.25) is 11.8 Å². The van der Waals surface area contributed by atoms with Gasteiger partial charge in [-0.05, 0) is 84.8 Å². The van der Waals surface area contributed by atoms with Crippen LogP contribution in [0.2, 0.25) is 5.02 Å². The Morgan fingerprint density at radius 1 is 0.911 bits per heavy atom. The molecule has 1 saturated carbocycles. The van der Waals surface area contributed by atoms with Gasteiger partial charge in [-0.3, -0.25) is 39.1 Å². The van der Waals surface area contributed by atoms with Crippen LogP contribution in [0.15, 0.2) is 54.6 Å². The molecule has 12 nitrogen and oxygen atoms in total. The SMILES string of the molecule is CC1(C)[C@H](NC(=O)c2ccc(N3CCC(CN4Cc5cc6c(cc5C4)C(=O)N(C4CCC(=O)NC4=O)C6=O)CC3)cc2)C(C)(C)[C@H]1Oc1ccc(C#N)c(Cl)c1. The Kier molecular flexibility index (Phi) is 9.45. The van der Waals surface area contributed by atoms with E-state index in [9.17, 15) is 29.2 Å². The fraction of sp³-hybridized carbons (Fsp3) is 0.442. The van der Waals surface area contributed by atoms with E-state index in [4.69, 9.17) is 16.3 Å². The van der Waals surface area contributed by atoms with E-state index in [2.05, 4.69) is 54.2 Å². The van der Waals surface area contributed by atoms with Crippen LogP contribution < -0.4 is 20.3 Å². The first-order valence-electron chi connectivity index (χ1n) is 19.3.